The quantitative estimate of drug-likeness (QED) is 0.623. The third-order valence-corrected chi connectivity index (χ3v) is 3.40. The summed E-state index contributed by atoms with van der Waals surface area (Å²) in [6.45, 7) is 5.53. The lowest BCUT2D eigenvalue weighted by Crippen LogP contribution is -2.11. The lowest BCUT2D eigenvalue weighted by atomic mass is 10.0. The van der Waals surface area contributed by atoms with Gasteiger partial charge in [-0.1, -0.05) is 22.0 Å². The minimum absolute atomic E-state index is 0.139. The summed E-state index contributed by atoms with van der Waals surface area (Å²) in [4.78, 5) is 0. The Balaban J connectivity index is 2.45. The fourth-order valence-electron chi connectivity index (χ4n) is 2.04. The lowest BCUT2D eigenvalue weighted by Gasteiger charge is -2.17. The summed E-state index contributed by atoms with van der Waals surface area (Å²) in [5.41, 5.74) is 1.27. The second-order valence-electron chi connectivity index (χ2n) is 4.75. The van der Waals surface area contributed by atoms with Crippen molar-refractivity contribution >= 4 is 15.9 Å². The zero-order valence-corrected chi connectivity index (χ0v) is 13.2. The van der Waals surface area contributed by atoms with E-state index in [0.29, 0.717) is 27.8 Å². The summed E-state index contributed by atoms with van der Waals surface area (Å²) in [7, 11) is 0. The van der Waals surface area contributed by atoms with E-state index in [2.05, 4.69) is 22.5 Å². The highest BCUT2D eigenvalue weighted by atomic mass is 79.9. The zero-order valence-electron chi connectivity index (χ0n) is 11.6. The van der Waals surface area contributed by atoms with Gasteiger partial charge in [-0.25, -0.2) is 8.78 Å². The van der Waals surface area contributed by atoms with Crippen LogP contribution >= 0.6 is 15.9 Å². The monoisotopic (exact) mass is 352 g/mol. The molecule has 0 unspecified atom stereocenters. The van der Waals surface area contributed by atoms with E-state index in [1.807, 2.05) is 6.92 Å². The highest BCUT2D eigenvalue weighted by Crippen LogP contribution is 2.33. The molecule has 0 fully saturated rings. The van der Waals surface area contributed by atoms with Gasteiger partial charge in [-0.15, -0.1) is 6.58 Å². The number of hydrogen-bond donors (Lipinski definition) is 0. The smallest absolute Gasteiger partial charge is 0.130 e. The first-order chi connectivity index (χ1) is 9.99. The van der Waals surface area contributed by atoms with Gasteiger partial charge < -0.3 is 4.74 Å². The van der Waals surface area contributed by atoms with Crippen LogP contribution in [0.25, 0.3) is 11.1 Å². The summed E-state index contributed by atoms with van der Waals surface area (Å²) in [6, 6.07) is 8.76. The van der Waals surface area contributed by atoms with E-state index in [4.69, 9.17) is 4.74 Å². The van der Waals surface area contributed by atoms with Crippen LogP contribution in [0.1, 0.15) is 13.3 Å². The molecule has 0 saturated heterocycles. The molecular formula is C17H15BrF2O. The van der Waals surface area contributed by atoms with Gasteiger partial charge in [0.1, 0.15) is 17.4 Å². The van der Waals surface area contributed by atoms with Crippen LogP contribution in [0.15, 0.2) is 53.5 Å². The Morgan fingerprint density at radius 3 is 2.62 bits per heavy atom. The van der Waals surface area contributed by atoms with Crippen LogP contribution in [-0.2, 0) is 0 Å². The second kappa shape index (κ2) is 6.85. The SMILES string of the molecule is C=CC[C@H](C)Oc1cc(F)ccc1-c1cc(F)cc(Br)c1. The molecule has 0 aliphatic rings. The molecule has 0 radical (unpaired) electrons. The van der Waals surface area contributed by atoms with Crippen LogP contribution in [0.3, 0.4) is 0 Å². The van der Waals surface area contributed by atoms with Crippen LogP contribution in [0.2, 0.25) is 0 Å². The second-order valence-corrected chi connectivity index (χ2v) is 5.67. The highest BCUT2D eigenvalue weighted by Gasteiger charge is 2.12. The Morgan fingerprint density at radius 1 is 1.19 bits per heavy atom. The molecule has 0 bridgehead atoms. The molecule has 2 aromatic carbocycles. The van der Waals surface area contributed by atoms with Gasteiger partial charge in [-0.3, -0.25) is 0 Å². The minimum Gasteiger partial charge on any atom is -0.490 e. The van der Waals surface area contributed by atoms with Gasteiger partial charge in [0, 0.05) is 22.5 Å². The predicted octanol–water partition coefficient (Wildman–Crippen LogP) is 5.74. The summed E-state index contributed by atoms with van der Waals surface area (Å²) >= 11 is 3.26. The van der Waals surface area contributed by atoms with Crippen molar-refractivity contribution in [2.24, 2.45) is 0 Å². The lowest BCUT2D eigenvalue weighted by molar-refractivity contribution is 0.225. The number of benzene rings is 2. The van der Waals surface area contributed by atoms with Crippen molar-refractivity contribution in [3.05, 3.63) is 65.2 Å². The molecule has 0 spiro atoms. The minimum atomic E-state index is -0.393. The maximum Gasteiger partial charge on any atom is 0.130 e. The maximum absolute atomic E-state index is 13.5. The van der Waals surface area contributed by atoms with Crippen molar-refractivity contribution in [1.82, 2.24) is 0 Å². The molecule has 2 aromatic rings. The van der Waals surface area contributed by atoms with Crippen molar-refractivity contribution in [3.8, 4) is 16.9 Å². The Hall–Kier alpha value is -1.68. The topological polar surface area (TPSA) is 9.23 Å². The number of hydrogen-bond acceptors (Lipinski definition) is 1. The van der Waals surface area contributed by atoms with E-state index in [-0.39, 0.29) is 11.9 Å². The maximum atomic E-state index is 13.5. The van der Waals surface area contributed by atoms with Gasteiger partial charge in [0.25, 0.3) is 0 Å². The average Bonchev–Trinajstić information content (AvgIpc) is 2.37. The van der Waals surface area contributed by atoms with E-state index in [1.54, 1.807) is 18.2 Å². The first kappa shape index (κ1) is 15.7. The molecule has 1 nitrogen and oxygen atoms in total. The molecule has 0 aliphatic heterocycles. The number of ether oxygens (including phenoxy) is 1. The number of halogens is 3. The van der Waals surface area contributed by atoms with Crippen LogP contribution in [-0.4, -0.2) is 6.10 Å². The first-order valence-corrected chi connectivity index (χ1v) is 7.32. The van der Waals surface area contributed by atoms with Crippen LogP contribution in [0.5, 0.6) is 5.75 Å². The molecule has 0 heterocycles. The normalized spacial score (nSPS) is 12.0. The third kappa shape index (κ3) is 4.14. The highest BCUT2D eigenvalue weighted by molar-refractivity contribution is 9.10. The molecule has 0 aliphatic carbocycles. The van der Waals surface area contributed by atoms with Crippen molar-refractivity contribution in [2.45, 2.75) is 19.4 Å². The Morgan fingerprint density at radius 2 is 1.95 bits per heavy atom. The average molecular weight is 353 g/mol. The van der Waals surface area contributed by atoms with Gasteiger partial charge in [0.2, 0.25) is 0 Å². The predicted molar refractivity (Wildman–Crippen MR) is 84.4 cm³/mol. The Kier molecular flexibility index (Phi) is 5.12. The zero-order chi connectivity index (χ0) is 15.4. The third-order valence-electron chi connectivity index (χ3n) is 2.94. The Labute approximate surface area is 131 Å². The summed E-state index contributed by atoms with van der Waals surface area (Å²) in [5.74, 6) is -0.370. The van der Waals surface area contributed by atoms with Crippen LogP contribution < -0.4 is 4.74 Å². The van der Waals surface area contributed by atoms with Gasteiger partial charge >= 0.3 is 0 Å². The molecule has 2 rings (SSSR count). The van der Waals surface area contributed by atoms with Crippen molar-refractivity contribution in [3.63, 3.8) is 0 Å². The molecular weight excluding hydrogens is 338 g/mol. The van der Waals surface area contributed by atoms with Crippen molar-refractivity contribution < 1.29 is 13.5 Å². The molecule has 0 amide bonds. The Bertz CT molecular complexity index is 635. The summed E-state index contributed by atoms with van der Waals surface area (Å²) < 4.78 is 33.4. The van der Waals surface area contributed by atoms with Gasteiger partial charge in [-0.2, -0.15) is 0 Å². The molecule has 1 atom stereocenters. The van der Waals surface area contributed by atoms with Gasteiger partial charge in [0.05, 0.1) is 6.10 Å². The standard InChI is InChI=1S/C17H15BrF2O/c1-3-4-11(2)21-17-10-14(19)5-6-16(17)12-7-13(18)9-15(20)8-12/h3,5-11H,1,4H2,2H3/t11-/m0/s1. The molecule has 21 heavy (non-hydrogen) atoms. The van der Waals surface area contributed by atoms with Crippen molar-refractivity contribution in [1.29, 1.82) is 0 Å². The van der Waals surface area contributed by atoms with E-state index in [9.17, 15) is 8.78 Å². The van der Waals surface area contributed by atoms with Crippen molar-refractivity contribution in [2.75, 3.05) is 0 Å². The van der Waals surface area contributed by atoms with Gasteiger partial charge in [0.15, 0.2) is 0 Å². The first-order valence-electron chi connectivity index (χ1n) is 6.53. The van der Waals surface area contributed by atoms with Crippen LogP contribution in [0.4, 0.5) is 8.78 Å². The van der Waals surface area contributed by atoms with E-state index in [1.165, 1.54) is 24.3 Å². The largest absolute Gasteiger partial charge is 0.490 e. The molecule has 110 valence electrons. The molecule has 0 aromatic heterocycles. The molecule has 4 heteroatoms. The van der Waals surface area contributed by atoms with E-state index in [0.717, 1.165) is 0 Å². The summed E-state index contributed by atoms with van der Waals surface area (Å²) in [5, 5.41) is 0. The summed E-state index contributed by atoms with van der Waals surface area (Å²) in [6.07, 6.45) is 2.24. The molecule has 0 saturated carbocycles. The van der Waals surface area contributed by atoms with E-state index >= 15 is 0 Å². The van der Waals surface area contributed by atoms with E-state index < -0.39 is 5.82 Å². The van der Waals surface area contributed by atoms with Gasteiger partial charge in [-0.05, 0) is 42.8 Å². The number of rotatable bonds is 5. The fraction of sp³-hybridized carbons (Fsp3) is 0.176. The molecule has 0 N–H and O–H groups in total. The van der Waals surface area contributed by atoms with Crippen LogP contribution in [0, 0.1) is 11.6 Å². The fourth-order valence-corrected chi connectivity index (χ4v) is 2.51.